The van der Waals surface area contributed by atoms with Crippen molar-refractivity contribution in [2.45, 2.75) is 0 Å². The van der Waals surface area contributed by atoms with E-state index in [1.165, 1.54) is 0 Å². The van der Waals surface area contributed by atoms with Crippen LogP contribution in [0.15, 0.2) is 42.6 Å². The fourth-order valence-electron chi connectivity index (χ4n) is 1.79. The molecule has 17 heavy (non-hydrogen) atoms. The lowest BCUT2D eigenvalue weighted by Gasteiger charge is -2.03. The average Bonchev–Trinajstić information content (AvgIpc) is 2.72. The first-order chi connectivity index (χ1) is 8.25. The molecule has 0 atom stereocenters. The molecule has 0 saturated carbocycles. The second kappa shape index (κ2) is 3.48. The van der Waals surface area contributed by atoms with Crippen molar-refractivity contribution in [3.05, 3.63) is 42.6 Å². The fraction of sp³-hybridized carbons (Fsp3) is 0. The Labute approximate surface area is 97.7 Å². The monoisotopic (exact) mass is 225 g/mol. The quantitative estimate of drug-likeness (QED) is 0.616. The summed E-state index contributed by atoms with van der Waals surface area (Å²) in [6.45, 7) is 0. The highest BCUT2D eigenvalue weighted by Gasteiger charge is 2.09. The highest BCUT2D eigenvalue weighted by molar-refractivity contribution is 5.73. The van der Waals surface area contributed by atoms with Gasteiger partial charge in [0.25, 0.3) is 0 Å². The predicted molar refractivity (Wildman–Crippen MR) is 67.2 cm³/mol. The molecule has 0 aliphatic heterocycles. The summed E-state index contributed by atoms with van der Waals surface area (Å²) in [5.41, 5.74) is 14.5. The molecule has 4 N–H and O–H groups in total. The Morgan fingerprint density at radius 3 is 2.65 bits per heavy atom. The van der Waals surface area contributed by atoms with E-state index in [9.17, 15) is 0 Å². The van der Waals surface area contributed by atoms with Gasteiger partial charge in [0.2, 0.25) is 0 Å². The van der Waals surface area contributed by atoms with Gasteiger partial charge in [-0.25, -0.2) is 0 Å². The van der Waals surface area contributed by atoms with Crippen LogP contribution < -0.4 is 11.5 Å². The molecule has 2 heterocycles. The maximum atomic E-state index is 5.93. The van der Waals surface area contributed by atoms with Crippen LogP contribution in [-0.4, -0.2) is 14.6 Å². The van der Waals surface area contributed by atoms with Gasteiger partial charge in [-0.15, -0.1) is 10.2 Å². The molecule has 0 aliphatic rings. The van der Waals surface area contributed by atoms with Crippen molar-refractivity contribution in [2.24, 2.45) is 0 Å². The summed E-state index contributed by atoms with van der Waals surface area (Å²) in [4.78, 5) is 0. The Hall–Kier alpha value is -2.56. The highest BCUT2D eigenvalue weighted by Crippen LogP contribution is 2.24. The van der Waals surface area contributed by atoms with Crippen LogP contribution in [0.3, 0.4) is 0 Å². The molecule has 0 radical (unpaired) electrons. The summed E-state index contributed by atoms with van der Waals surface area (Å²) in [7, 11) is 0. The number of aromatic nitrogens is 3. The molecule has 0 saturated heterocycles. The largest absolute Gasteiger partial charge is 0.399 e. The number of rotatable bonds is 1. The maximum Gasteiger partial charge on any atom is 0.170 e. The molecule has 5 nitrogen and oxygen atoms in total. The first kappa shape index (κ1) is 9.65. The number of nitrogens with two attached hydrogens (primary N) is 2. The SMILES string of the molecule is Nc1ccn2c(-c3ccccc3N)nnc2c1. The van der Waals surface area contributed by atoms with Crippen LogP contribution in [0.2, 0.25) is 0 Å². The van der Waals surface area contributed by atoms with E-state index in [4.69, 9.17) is 11.5 Å². The molecule has 0 bridgehead atoms. The zero-order valence-corrected chi connectivity index (χ0v) is 9.04. The highest BCUT2D eigenvalue weighted by atomic mass is 15.2. The van der Waals surface area contributed by atoms with E-state index in [1.807, 2.05) is 34.9 Å². The van der Waals surface area contributed by atoms with Crippen LogP contribution in [0.4, 0.5) is 11.4 Å². The maximum absolute atomic E-state index is 5.93. The second-order valence-corrected chi connectivity index (χ2v) is 3.80. The van der Waals surface area contributed by atoms with E-state index in [-0.39, 0.29) is 0 Å². The third kappa shape index (κ3) is 1.48. The minimum Gasteiger partial charge on any atom is -0.399 e. The predicted octanol–water partition coefficient (Wildman–Crippen LogP) is 1.56. The van der Waals surface area contributed by atoms with Crippen molar-refractivity contribution in [2.75, 3.05) is 11.5 Å². The van der Waals surface area contributed by atoms with Gasteiger partial charge in [-0.2, -0.15) is 0 Å². The van der Waals surface area contributed by atoms with Gasteiger partial charge in [0.15, 0.2) is 11.5 Å². The molecule has 84 valence electrons. The molecule has 3 rings (SSSR count). The van der Waals surface area contributed by atoms with Gasteiger partial charge in [0.05, 0.1) is 0 Å². The van der Waals surface area contributed by atoms with Gasteiger partial charge in [-0.1, -0.05) is 12.1 Å². The molecule has 3 aromatic rings. The van der Waals surface area contributed by atoms with E-state index < -0.39 is 0 Å². The smallest absolute Gasteiger partial charge is 0.170 e. The molecule has 0 aliphatic carbocycles. The number of fused-ring (bicyclic) bond motifs is 1. The average molecular weight is 225 g/mol. The lowest BCUT2D eigenvalue weighted by molar-refractivity contribution is 1.11. The van der Waals surface area contributed by atoms with Crippen molar-refractivity contribution < 1.29 is 0 Å². The van der Waals surface area contributed by atoms with Crippen LogP contribution >= 0.6 is 0 Å². The minimum atomic E-state index is 0.664. The molecule has 5 heteroatoms. The standard InChI is InChI=1S/C12H11N5/c13-8-5-6-17-11(7-8)15-16-12(17)9-3-1-2-4-10(9)14/h1-7H,13-14H2. The van der Waals surface area contributed by atoms with Gasteiger partial charge >= 0.3 is 0 Å². The van der Waals surface area contributed by atoms with E-state index in [1.54, 1.807) is 12.1 Å². The normalized spacial score (nSPS) is 10.8. The van der Waals surface area contributed by atoms with Gasteiger partial charge in [-0.05, 0) is 18.2 Å². The summed E-state index contributed by atoms with van der Waals surface area (Å²) in [5, 5.41) is 8.22. The molecular formula is C12H11N5. The van der Waals surface area contributed by atoms with Crippen molar-refractivity contribution in [3.63, 3.8) is 0 Å². The molecular weight excluding hydrogens is 214 g/mol. The summed E-state index contributed by atoms with van der Waals surface area (Å²) in [6, 6.07) is 11.1. The molecule has 0 unspecified atom stereocenters. The number of pyridine rings is 1. The number of nitrogens with zero attached hydrogens (tertiary/aromatic N) is 3. The number of benzene rings is 1. The molecule has 0 amide bonds. The van der Waals surface area contributed by atoms with Crippen LogP contribution in [-0.2, 0) is 0 Å². The summed E-state index contributed by atoms with van der Waals surface area (Å²) in [6.07, 6.45) is 1.84. The van der Waals surface area contributed by atoms with Crippen LogP contribution in [0.25, 0.3) is 17.0 Å². The molecule has 0 fully saturated rings. The van der Waals surface area contributed by atoms with Gasteiger partial charge in [-0.3, -0.25) is 4.40 Å². The van der Waals surface area contributed by atoms with Crippen LogP contribution in [0, 0.1) is 0 Å². The number of para-hydroxylation sites is 1. The Bertz CT molecular complexity index is 686. The van der Waals surface area contributed by atoms with E-state index in [0.717, 1.165) is 11.4 Å². The van der Waals surface area contributed by atoms with Crippen molar-refractivity contribution >= 4 is 17.0 Å². The van der Waals surface area contributed by atoms with E-state index >= 15 is 0 Å². The third-order valence-electron chi connectivity index (χ3n) is 2.64. The first-order valence-electron chi connectivity index (χ1n) is 5.21. The second-order valence-electron chi connectivity index (χ2n) is 3.80. The Morgan fingerprint density at radius 2 is 1.82 bits per heavy atom. The summed E-state index contributed by atoms with van der Waals surface area (Å²) in [5.74, 6) is 0.720. The molecule has 2 aromatic heterocycles. The Morgan fingerprint density at radius 1 is 1.00 bits per heavy atom. The van der Waals surface area contributed by atoms with Crippen LogP contribution in [0.5, 0.6) is 0 Å². The Kier molecular flexibility index (Phi) is 1.98. The van der Waals surface area contributed by atoms with Gasteiger partial charge in [0.1, 0.15) is 0 Å². The lowest BCUT2D eigenvalue weighted by atomic mass is 10.2. The third-order valence-corrected chi connectivity index (χ3v) is 2.64. The zero-order valence-electron chi connectivity index (χ0n) is 9.04. The minimum absolute atomic E-state index is 0.664. The summed E-state index contributed by atoms with van der Waals surface area (Å²) >= 11 is 0. The number of hydrogen-bond donors (Lipinski definition) is 2. The number of hydrogen-bond acceptors (Lipinski definition) is 4. The summed E-state index contributed by atoms with van der Waals surface area (Å²) < 4.78 is 1.86. The van der Waals surface area contributed by atoms with Gasteiger partial charge < -0.3 is 11.5 Å². The zero-order chi connectivity index (χ0) is 11.8. The van der Waals surface area contributed by atoms with E-state index in [2.05, 4.69) is 10.2 Å². The van der Waals surface area contributed by atoms with Crippen molar-refractivity contribution in [3.8, 4) is 11.4 Å². The lowest BCUT2D eigenvalue weighted by Crippen LogP contribution is -1.95. The molecule has 0 spiro atoms. The van der Waals surface area contributed by atoms with Crippen LogP contribution in [0.1, 0.15) is 0 Å². The van der Waals surface area contributed by atoms with Gasteiger partial charge in [0, 0.05) is 29.2 Å². The fourth-order valence-corrected chi connectivity index (χ4v) is 1.79. The first-order valence-corrected chi connectivity index (χ1v) is 5.21. The number of nitrogen functional groups attached to an aromatic ring is 2. The molecule has 1 aromatic carbocycles. The topological polar surface area (TPSA) is 82.2 Å². The van der Waals surface area contributed by atoms with Crippen molar-refractivity contribution in [1.29, 1.82) is 0 Å². The van der Waals surface area contributed by atoms with Crippen molar-refractivity contribution in [1.82, 2.24) is 14.6 Å². The number of anilines is 2. The van der Waals surface area contributed by atoms with E-state index in [0.29, 0.717) is 17.0 Å². The Balaban J connectivity index is 2.29.